The number of rotatable bonds is 6. The monoisotopic (exact) mass is 555 g/mol. The Bertz CT molecular complexity index is 1480. The molecule has 1 aliphatic heterocycles. The van der Waals surface area contributed by atoms with Crippen molar-refractivity contribution in [1.82, 2.24) is 14.9 Å². The number of aryl methyl sites for hydroxylation is 1. The van der Waals surface area contributed by atoms with E-state index in [9.17, 15) is 13.4 Å². The van der Waals surface area contributed by atoms with Gasteiger partial charge in [-0.05, 0) is 62.4 Å². The van der Waals surface area contributed by atoms with Crippen LogP contribution in [0.5, 0.6) is 5.75 Å². The zero-order valence-corrected chi connectivity index (χ0v) is 23.3. The molecule has 1 aromatic heterocycles. The third kappa shape index (κ3) is 6.30. The van der Waals surface area contributed by atoms with E-state index in [0.717, 1.165) is 36.6 Å². The number of carbonyl (C=O) groups is 1. The molecule has 1 amide bonds. The topological polar surface area (TPSA) is 106 Å². The van der Waals surface area contributed by atoms with Gasteiger partial charge in [-0.15, -0.1) is 0 Å². The molecule has 2 aliphatic rings. The fourth-order valence-corrected chi connectivity index (χ4v) is 7.12. The van der Waals surface area contributed by atoms with Gasteiger partial charge in [0.1, 0.15) is 23.7 Å². The second kappa shape index (κ2) is 11.4. The normalized spacial score (nSPS) is 21.0. The Morgan fingerprint density at radius 2 is 1.82 bits per heavy atom. The van der Waals surface area contributed by atoms with Crippen LogP contribution in [0.15, 0.2) is 41.0 Å². The van der Waals surface area contributed by atoms with E-state index in [1.165, 1.54) is 25.4 Å². The highest BCUT2D eigenvalue weighted by Crippen LogP contribution is 2.35. The van der Waals surface area contributed by atoms with Crippen LogP contribution in [0.4, 0.5) is 21.6 Å². The Morgan fingerprint density at radius 3 is 2.51 bits per heavy atom. The van der Waals surface area contributed by atoms with Crippen LogP contribution >= 0.6 is 0 Å². The molecule has 0 spiro atoms. The van der Waals surface area contributed by atoms with Crippen LogP contribution in [-0.2, 0) is 19.3 Å². The SMILES string of the molecule is CO[C@H]1CC[C@H](Oc2cc(F)ccc2Nc2ncnc3cc(N=S4(=O)CCN(C(C)=O)CC4)cc(C)c23)CC1. The first-order valence-electron chi connectivity index (χ1n) is 13.2. The maximum absolute atomic E-state index is 14.2. The molecule has 1 saturated heterocycles. The van der Waals surface area contributed by atoms with Gasteiger partial charge in [0.05, 0.1) is 38.8 Å². The van der Waals surface area contributed by atoms with Crippen LogP contribution in [-0.4, -0.2) is 68.9 Å². The summed E-state index contributed by atoms with van der Waals surface area (Å²) < 4.78 is 43.9. The average molecular weight is 556 g/mol. The van der Waals surface area contributed by atoms with E-state index in [2.05, 4.69) is 19.6 Å². The lowest BCUT2D eigenvalue weighted by molar-refractivity contribution is -0.128. The summed E-state index contributed by atoms with van der Waals surface area (Å²) in [7, 11) is -0.744. The smallest absolute Gasteiger partial charge is 0.219 e. The van der Waals surface area contributed by atoms with Gasteiger partial charge in [-0.25, -0.2) is 18.6 Å². The van der Waals surface area contributed by atoms with Gasteiger partial charge in [-0.3, -0.25) is 4.79 Å². The molecule has 11 heteroatoms. The third-order valence-electron chi connectivity index (χ3n) is 7.44. The number of carbonyl (C=O) groups excluding carboxylic acids is 1. The fraction of sp³-hybridized carbons (Fsp3) is 0.464. The first kappa shape index (κ1) is 27.3. The number of hydrogen-bond acceptors (Lipinski definition) is 8. The summed E-state index contributed by atoms with van der Waals surface area (Å²) in [5.74, 6) is 1.30. The van der Waals surface area contributed by atoms with Crippen LogP contribution < -0.4 is 10.1 Å². The first-order chi connectivity index (χ1) is 18.7. The van der Waals surface area contributed by atoms with Gasteiger partial charge in [0.25, 0.3) is 0 Å². The molecule has 5 rings (SSSR count). The lowest BCUT2D eigenvalue weighted by Gasteiger charge is -2.28. The van der Waals surface area contributed by atoms with Crippen molar-refractivity contribution in [3.05, 3.63) is 48.0 Å². The fourth-order valence-electron chi connectivity index (χ4n) is 5.23. The molecule has 208 valence electrons. The van der Waals surface area contributed by atoms with Crippen molar-refractivity contribution < 1.29 is 22.9 Å². The molecule has 9 nitrogen and oxygen atoms in total. The zero-order chi connectivity index (χ0) is 27.6. The average Bonchev–Trinajstić information content (AvgIpc) is 2.90. The highest BCUT2D eigenvalue weighted by atomic mass is 32.2. The Morgan fingerprint density at radius 1 is 1.10 bits per heavy atom. The second-order valence-corrected chi connectivity index (χ2v) is 12.7. The Hall–Kier alpha value is -3.31. The number of nitrogens with one attached hydrogen (secondary N) is 1. The number of amides is 1. The van der Waals surface area contributed by atoms with E-state index in [1.54, 1.807) is 24.1 Å². The maximum atomic E-state index is 14.2. The maximum Gasteiger partial charge on any atom is 0.219 e. The molecule has 1 N–H and O–H groups in total. The number of halogens is 1. The number of anilines is 2. The lowest BCUT2D eigenvalue weighted by Crippen LogP contribution is -2.42. The number of benzene rings is 2. The molecular weight excluding hydrogens is 521 g/mol. The highest BCUT2D eigenvalue weighted by molar-refractivity contribution is 7.93. The van der Waals surface area contributed by atoms with Gasteiger partial charge in [0, 0.05) is 50.1 Å². The van der Waals surface area contributed by atoms with Crippen LogP contribution in [0.1, 0.15) is 38.2 Å². The molecular formula is C28H34FN5O4S. The Kier molecular flexibility index (Phi) is 7.99. The number of fused-ring (bicyclic) bond motifs is 1. The molecule has 0 radical (unpaired) electrons. The predicted octanol–water partition coefficient (Wildman–Crippen LogP) is 5.12. The molecule has 1 aliphatic carbocycles. The van der Waals surface area contributed by atoms with Crippen molar-refractivity contribution in [2.24, 2.45) is 4.36 Å². The van der Waals surface area contributed by atoms with Crippen molar-refractivity contribution in [3.8, 4) is 5.75 Å². The number of ether oxygens (including phenoxy) is 2. The molecule has 1 saturated carbocycles. The summed E-state index contributed by atoms with van der Waals surface area (Å²) in [6, 6.07) is 8.10. The van der Waals surface area contributed by atoms with Gasteiger partial charge in [0.2, 0.25) is 5.91 Å². The minimum atomic E-state index is -2.47. The summed E-state index contributed by atoms with van der Waals surface area (Å²) in [5, 5.41) is 4.11. The number of hydrogen-bond donors (Lipinski definition) is 1. The van der Waals surface area contributed by atoms with Gasteiger partial charge in [0.15, 0.2) is 0 Å². The molecule has 3 aromatic rings. The Labute approximate surface area is 228 Å². The Balaban J connectivity index is 1.41. The number of aromatic nitrogens is 2. The van der Waals surface area contributed by atoms with Gasteiger partial charge in [-0.1, -0.05) is 0 Å². The highest BCUT2D eigenvalue weighted by Gasteiger charge is 2.24. The van der Waals surface area contributed by atoms with E-state index in [-0.39, 0.29) is 23.9 Å². The summed E-state index contributed by atoms with van der Waals surface area (Å²) in [6.45, 7) is 4.33. The molecule has 2 aromatic carbocycles. The van der Waals surface area contributed by atoms with Crippen molar-refractivity contribution in [2.75, 3.05) is 37.0 Å². The van der Waals surface area contributed by atoms with Crippen LogP contribution in [0.2, 0.25) is 0 Å². The minimum Gasteiger partial charge on any atom is -0.488 e. The standard InChI is InChI=1S/C28H34FN5O4S/c1-18-14-21(33-39(36)12-10-34(11-13-39)19(2)35)16-25-27(18)28(31-17-30-25)32-24-9-4-20(29)15-26(24)38-23-7-5-22(37-3)6-8-23/h4,9,14-17,22-23H,5-8,10-13H2,1-3H3,(H,30,31,32)/t22-,23-. The van der Waals surface area contributed by atoms with E-state index in [4.69, 9.17) is 9.47 Å². The van der Waals surface area contributed by atoms with Crippen LogP contribution in [0.25, 0.3) is 10.9 Å². The predicted molar refractivity (Wildman–Crippen MR) is 150 cm³/mol. The van der Waals surface area contributed by atoms with E-state index in [1.807, 2.05) is 13.0 Å². The summed E-state index contributed by atoms with van der Waals surface area (Å²) >= 11 is 0. The lowest BCUT2D eigenvalue weighted by atomic mass is 9.95. The number of methoxy groups -OCH3 is 1. The quantitative estimate of drug-likeness (QED) is 0.450. The van der Waals surface area contributed by atoms with Crippen molar-refractivity contribution in [2.45, 2.75) is 51.7 Å². The van der Waals surface area contributed by atoms with Crippen molar-refractivity contribution in [3.63, 3.8) is 0 Å². The molecule has 0 unspecified atom stereocenters. The summed E-state index contributed by atoms with van der Waals surface area (Å²) in [6.07, 6.45) is 5.17. The van der Waals surface area contributed by atoms with Gasteiger partial charge in [-0.2, -0.15) is 4.36 Å². The summed E-state index contributed by atoms with van der Waals surface area (Å²) in [5.41, 5.74) is 2.71. The van der Waals surface area contributed by atoms with E-state index < -0.39 is 9.73 Å². The van der Waals surface area contributed by atoms with E-state index in [0.29, 0.717) is 53.1 Å². The van der Waals surface area contributed by atoms with Crippen LogP contribution in [0.3, 0.4) is 0 Å². The van der Waals surface area contributed by atoms with E-state index >= 15 is 0 Å². The first-order valence-corrected chi connectivity index (χ1v) is 15.1. The molecule has 2 fully saturated rings. The number of nitrogens with zero attached hydrogens (tertiary/aromatic N) is 4. The summed E-state index contributed by atoms with van der Waals surface area (Å²) in [4.78, 5) is 22.2. The van der Waals surface area contributed by atoms with Crippen LogP contribution in [0, 0.1) is 12.7 Å². The second-order valence-electron chi connectivity index (χ2n) is 10.2. The molecule has 0 bridgehead atoms. The minimum absolute atomic E-state index is 0.0112. The third-order valence-corrected chi connectivity index (χ3v) is 9.63. The van der Waals surface area contributed by atoms with Gasteiger partial charge >= 0.3 is 0 Å². The largest absolute Gasteiger partial charge is 0.488 e. The van der Waals surface area contributed by atoms with Crippen molar-refractivity contribution in [1.29, 1.82) is 0 Å². The zero-order valence-electron chi connectivity index (χ0n) is 22.5. The van der Waals surface area contributed by atoms with Gasteiger partial charge < -0.3 is 19.7 Å². The molecule has 39 heavy (non-hydrogen) atoms. The van der Waals surface area contributed by atoms with Crippen molar-refractivity contribution >= 4 is 43.7 Å². The molecule has 0 atom stereocenters. The molecule has 2 heterocycles.